The normalized spacial score (nSPS) is 12.4. The summed E-state index contributed by atoms with van der Waals surface area (Å²) in [6, 6.07) is 32.9. The number of aromatic nitrogens is 1. The molecule has 0 atom stereocenters. The van der Waals surface area contributed by atoms with Gasteiger partial charge in [0.15, 0.2) is 0 Å². The summed E-state index contributed by atoms with van der Waals surface area (Å²) in [6.07, 6.45) is -0.585. The summed E-state index contributed by atoms with van der Waals surface area (Å²) in [7, 11) is -4.66. The predicted molar refractivity (Wildman–Crippen MR) is 181 cm³/mol. The van der Waals surface area contributed by atoms with E-state index in [1.807, 2.05) is 24.3 Å². The molecule has 2 amide bonds. The molecule has 1 heterocycles. The summed E-state index contributed by atoms with van der Waals surface area (Å²) in [5, 5.41) is 6.12. The first kappa shape index (κ1) is 30.3. The zero-order valence-corrected chi connectivity index (χ0v) is 26.5. The molecule has 7 rings (SSSR count). The van der Waals surface area contributed by atoms with Crippen LogP contribution in [0, 0.1) is 6.92 Å². The fourth-order valence-corrected chi connectivity index (χ4v) is 8.15. The maximum Gasteiger partial charge on any atom is 0.411 e. The minimum atomic E-state index is -4.66. The molecule has 0 saturated carbocycles. The lowest BCUT2D eigenvalue weighted by atomic mass is 9.98. The van der Waals surface area contributed by atoms with Crippen molar-refractivity contribution in [3.8, 4) is 21.7 Å². The van der Waals surface area contributed by atoms with E-state index in [2.05, 4.69) is 39.9 Å². The lowest BCUT2D eigenvalue weighted by Crippen LogP contribution is -2.18. The second-order valence-electron chi connectivity index (χ2n) is 11.1. The van der Waals surface area contributed by atoms with Gasteiger partial charge in [-0.1, -0.05) is 54.6 Å². The Hall–Kier alpha value is -5.36. The molecular weight excluding hydrogens is 635 g/mol. The number of hydrogen-bond acceptors (Lipinski definition) is 8. The zero-order valence-electron chi connectivity index (χ0n) is 24.9. The number of ether oxygens (including phenoxy) is 1. The van der Waals surface area contributed by atoms with Crippen molar-refractivity contribution < 1.29 is 27.3 Å². The van der Waals surface area contributed by atoms with E-state index in [-0.39, 0.29) is 23.3 Å². The lowest BCUT2D eigenvalue weighted by Gasteiger charge is -2.14. The Bertz CT molecular complexity index is 2240. The van der Waals surface area contributed by atoms with Gasteiger partial charge in [0, 0.05) is 28.4 Å². The molecule has 9 nitrogen and oxygen atoms in total. The van der Waals surface area contributed by atoms with Crippen molar-refractivity contribution in [2.75, 3.05) is 17.2 Å². The molecule has 47 heavy (non-hydrogen) atoms. The van der Waals surface area contributed by atoms with Gasteiger partial charge in [-0.05, 0) is 89.3 Å². The largest absolute Gasteiger partial charge is 0.744 e. The predicted octanol–water partition coefficient (Wildman–Crippen LogP) is 7.79. The minimum Gasteiger partial charge on any atom is -0.744 e. The van der Waals surface area contributed by atoms with Crippen molar-refractivity contribution in [2.24, 2.45) is 0 Å². The lowest BCUT2D eigenvalue weighted by molar-refractivity contribution is 0.102. The number of carbonyl (C=O) groups is 2. The van der Waals surface area contributed by atoms with Crippen LogP contribution in [0.3, 0.4) is 0 Å². The average molecular weight is 661 g/mol. The Morgan fingerprint density at radius 1 is 0.809 bits per heavy atom. The standard InChI is InChI=1S/C36H27N3O6S2/c1-21-10-19-31-32(33(21)47(42,43)44)46-35(39-31)23-13-17-24(18-14-23)37-34(40)22-11-15-25(16-12-22)38-36(41)45-20-30-28-8-4-2-6-26(28)27-7-3-5-9-29(27)30/h2-19,30H,20H2,1H3,(H,37,40)(H,38,41)(H,42,43,44)/p-1. The summed E-state index contributed by atoms with van der Waals surface area (Å²) in [4.78, 5) is 29.8. The SMILES string of the molecule is Cc1ccc2nc(-c3ccc(NC(=O)c4ccc(NC(=O)OCC5c6ccccc6-c6ccccc65)cc4)cc3)sc2c1S(=O)(=O)[O-]. The first-order valence-corrected chi connectivity index (χ1v) is 16.9. The molecule has 1 aliphatic carbocycles. The average Bonchev–Trinajstić information content (AvgIpc) is 3.63. The van der Waals surface area contributed by atoms with Crippen LogP contribution in [0.25, 0.3) is 31.9 Å². The smallest absolute Gasteiger partial charge is 0.411 e. The molecule has 1 aromatic heterocycles. The van der Waals surface area contributed by atoms with E-state index in [4.69, 9.17) is 4.74 Å². The van der Waals surface area contributed by atoms with E-state index in [1.54, 1.807) is 67.6 Å². The van der Waals surface area contributed by atoms with Gasteiger partial charge in [-0.25, -0.2) is 18.2 Å². The van der Waals surface area contributed by atoms with Crippen molar-refractivity contribution in [3.05, 3.63) is 131 Å². The van der Waals surface area contributed by atoms with E-state index >= 15 is 0 Å². The van der Waals surface area contributed by atoms with Crippen LogP contribution >= 0.6 is 11.3 Å². The Labute approximate surface area is 274 Å². The van der Waals surface area contributed by atoms with Crippen molar-refractivity contribution in [1.82, 2.24) is 4.98 Å². The van der Waals surface area contributed by atoms with Crippen molar-refractivity contribution >= 4 is 55.0 Å². The molecule has 2 N–H and O–H groups in total. The van der Waals surface area contributed by atoms with E-state index < -0.39 is 16.2 Å². The Balaban J connectivity index is 0.967. The number of nitrogens with one attached hydrogen (secondary N) is 2. The van der Waals surface area contributed by atoms with Crippen LogP contribution < -0.4 is 10.6 Å². The number of anilines is 2. The summed E-state index contributed by atoms with van der Waals surface area (Å²) >= 11 is 1.13. The number of hydrogen-bond donors (Lipinski definition) is 2. The van der Waals surface area contributed by atoms with Crippen molar-refractivity contribution in [2.45, 2.75) is 17.7 Å². The fraction of sp³-hybridized carbons (Fsp3) is 0.0833. The molecule has 0 unspecified atom stereocenters. The maximum atomic E-state index is 12.9. The fourth-order valence-electron chi connectivity index (χ4n) is 5.86. The highest BCUT2D eigenvalue weighted by atomic mass is 32.2. The summed E-state index contributed by atoms with van der Waals surface area (Å²) in [6.45, 7) is 1.77. The molecule has 6 aromatic rings. The van der Waals surface area contributed by atoms with Crippen LogP contribution in [0.5, 0.6) is 0 Å². The second-order valence-corrected chi connectivity index (χ2v) is 13.4. The third-order valence-electron chi connectivity index (χ3n) is 8.09. The topological polar surface area (TPSA) is 138 Å². The van der Waals surface area contributed by atoms with Gasteiger partial charge in [-0.2, -0.15) is 0 Å². The van der Waals surface area contributed by atoms with Gasteiger partial charge in [0.1, 0.15) is 21.7 Å². The minimum absolute atomic E-state index is 0.0470. The number of aryl methyl sites for hydroxylation is 1. The summed E-state index contributed by atoms with van der Waals surface area (Å²) in [5.74, 6) is -0.388. The van der Waals surface area contributed by atoms with E-state index in [1.165, 1.54) is 0 Å². The zero-order chi connectivity index (χ0) is 32.7. The monoisotopic (exact) mass is 660 g/mol. The maximum absolute atomic E-state index is 12.9. The first-order chi connectivity index (χ1) is 22.7. The third kappa shape index (κ3) is 5.99. The van der Waals surface area contributed by atoms with Crippen LogP contribution in [-0.2, 0) is 14.9 Å². The van der Waals surface area contributed by atoms with Gasteiger partial charge >= 0.3 is 6.09 Å². The number of thiazole rings is 1. The Morgan fingerprint density at radius 2 is 1.40 bits per heavy atom. The molecule has 0 fully saturated rings. The van der Waals surface area contributed by atoms with Gasteiger partial charge in [-0.15, -0.1) is 11.3 Å². The van der Waals surface area contributed by atoms with E-state index in [0.29, 0.717) is 43.3 Å². The van der Waals surface area contributed by atoms with Crippen molar-refractivity contribution in [1.29, 1.82) is 0 Å². The number of rotatable bonds is 7. The number of fused-ring (bicyclic) bond motifs is 4. The third-order valence-corrected chi connectivity index (χ3v) is 10.4. The molecule has 0 bridgehead atoms. The first-order valence-electron chi connectivity index (χ1n) is 14.7. The second kappa shape index (κ2) is 12.1. The molecule has 11 heteroatoms. The van der Waals surface area contributed by atoms with Gasteiger partial charge < -0.3 is 14.6 Å². The highest BCUT2D eigenvalue weighted by Gasteiger charge is 2.29. The highest BCUT2D eigenvalue weighted by molar-refractivity contribution is 7.86. The summed E-state index contributed by atoms with van der Waals surface area (Å²) in [5.41, 5.74) is 7.50. The number of amides is 2. The van der Waals surface area contributed by atoms with Gasteiger partial charge in [-0.3, -0.25) is 10.1 Å². The number of nitrogens with zero attached hydrogens (tertiary/aromatic N) is 1. The van der Waals surface area contributed by atoms with E-state index in [0.717, 1.165) is 33.6 Å². The van der Waals surface area contributed by atoms with E-state index in [9.17, 15) is 22.6 Å². The molecule has 0 spiro atoms. The van der Waals surface area contributed by atoms with Crippen LogP contribution in [0.4, 0.5) is 16.2 Å². The van der Waals surface area contributed by atoms with Crippen LogP contribution in [0.15, 0.2) is 114 Å². The van der Waals surface area contributed by atoms with Crippen LogP contribution in [0.1, 0.15) is 33.0 Å². The quantitative estimate of drug-likeness (QED) is 0.167. The Kier molecular flexibility index (Phi) is 7.80. The molecular formula is C36H26N3O6S2-. The van der Waals surface area contributed by atoms with Gasteiger partial charge in [0.25, 0.3) is 5.91 Å². The Morgan fingerprint density at radius 3 is 2.04 bits per heavy atom. The molecule has 5 aromatic carbocycles. The molecule has 0 saturated heterocycles. The number of benzene rings is 5. The molecule has 0 aliphatic heterocycles. The molecule has 234 valence electrons. The molecule has 0 radical (unpaired) electrons. The highest BCUT2D eigenvalue weighted by Crippen LogP contribution is 2.44. The van der Waals surface area contributed by atoms with Crippen LogP contribution in [-0.4, -0.2) is 36.6 Å². The summed E-state index contributed by atoms with van der Waals surface area (Å²) < 4.78 is 41.5. The number of carbonyl (C=O) groups excluding carboxylic acids is 2. The van der Waals surface area contributed by atoms with Gasteiger partial charge in [0.2, 0.25) is 0 Å². The van der Waals surface area contributed by atoms with Crippen molar-refractivity contribution in [3.63, 3.8) is 0 Å². The van der Waals surface area contributed by atoms with Crippen LogP contribution in [0.2, 0.25) is 0 Å². The molecule has 1 aliphatic rings. The van der Waals surface area contributed by atoms with Gasteiger partial charge in [0.05, 0.1) is 15.1 Å².